The lowest BCUT2D eigenvalue weighted by Crippen LogP contribution is -2.05. The van der Waals surface area contributed by atoms with E-state index in [1.807, 2.05) is 6.92 Å². The fourth-order valence-electron chi connectivity index (χ4n) is 5.69. The van der Waals surface area contributed by atoms with Crippen LogP contribution >= 0.6 is 0 Å². The van der Waals surface area contributed by atoms with Crippen LogP contribution in [-0.2, 0) is 0 Å². The zero-order valence-electron chi connectivity index (χ0n) is 27.0. The molecule has 0 aliphatic carbocycles. The highest BCUT2D eigenvalue weighted by Gasteiger charge is 2.13. The Kier molecular flexibility index (Phi) is 12.8. The second-order valence-corrected chi connectivity index (χ2v) is 11.6. The first kappa shape index (κ1) is 34.0. The Labute approximate surface area is 276 Å². The van der Waals surface area contributed by atoms with Gasteiger partial charge < -0.3 is 0 Å². The summed E-state index contributed by atoms with van der Waals surface area (Å²) in [5.74, 6) is 0.295. The summed E-state index contributed by atoms with van der Waals surface area (Å²) in [6.07, 6.45) is 19.4. The summed E-state index contributed by atoms with van der Waals surface area (Å²) < 4.78 is 0. The number of hydrogen-bond donors (Lipinski definition) is 0. The van der Waals surface area contributed by atoms with Crippen LogP contribution in [0.4, 0.5) is 0 Å². The summed E-state index contributed by atoms with van der Waals surface area (Å²) in [6.45, 7) is 6.40. The number of benzene rings is 4. The van der Waals surface area contributed by atoms with Crippen LogP contribution in [0, 0.1) is 5.92 Å². The van der Waals surface area contributed by atoms with Crippen LogP contribution < -0.4 is 0 Å². The fraction of sp³-hybridized carbons (Fsp3) is 0.220. The number of fused-ring (bicyclic) bond motifs is 2. The van der Waals surface area contributed by atoms with Gasteiger partial charge in [-0.3, -0.25) is 0 Å². The Morgan fingerprint density at radius 3 is 1.93 bits per heavy atom. The molecule has 4 aromatic rings. The molecule has 0 saturated heterocycles. The van der Waals surface area contributed by atoms with Crippen molar-refractivity contribution in [1.82, 2.24) is 0 Å². The summed E-state index contributed by atoms with van der Waals surface area (Å²) in [6, 6.07) is 28.2. The van der Waals surface area contributed by atoms with Crippen molar-refractivity contribution < 1.29 is 0 Å². The molecular formula is C41H40B4. The van der Waals surface area contributed by atoms with Gasteiger partial charge in [-0.2, -0.15) is 0 Å². The standard InChI is InChI=1S/C41H40B4/c1-4-31(27-26-29(2)30(3)40(44)41(45)38(43)28-42)18-10-7-5-6-8-13-21-33-34-22-14-16-24-36(34)39(32-19-11-9-12-20-32)37-25-17-15-23-35(33)37/h5-7,9-25,29H,4,8,26-28H2,1-3H3/b6-5-,10-7+,21-13+,31-18+,40-30-,41-38-. The van der Waals surface area contributed by atoms with Gasteiger partial charge in [0.2, 0.25) is 0 Å². The summed E-state index contributed by atoms with van der Waals surface area (Å²) >= 11 is 0. The number of rotatable bonds is 13. The maximum Gasteiger partial charge on any atom is 0.112 e. The Morgan fingerprint density at radius 1 is 0.733 bits per heavy atom. The van der Waals surface area contributed by atoms with E-state index in [0.717, 1.165) is 31.3 Å². The van der Waals surface area contributed by atoms with Gasteiger partial charge in [-0.1, -0.05) is 153 Å². The van der Waals surface area contributed by atoms with E-state index < -0.39 is 0 Å². The second-order valence-electron chi connectivity index (χ2n) is 11.6. The Morgan fingerprint density at radius 2 is 1.33 bits per heavy atom. The Bertz CT molecular complexity index is 1730. The maximum absolute atomic E-state index is 6.26. The van der Waals surface area contributed by atoms with Crippen molar-refractivity contribution in [3.05, 3.63) is 148 Å². The molecule has 4 heteroatoms. The highest BCUT2D eigenvalue weighted by atomic mass is 14.2. The smallest absolute Gasteiger partial charge is 0.112 e. The average Bonchev–Trinajstić information content (AvgIpc) is 3.08. The molecule has 0 fully saturated rings. The average molecular weight is 576 g/mol. The molecular weight excluding hydrogens is 536 g/mol. The lowest BCUT2D eigenvalue weighted by atomic mass is 9.65. The van der Waals surface area contributed by atoms with Crippen molar-refractivity contribution in [3.63, 3.8) is 0 Å². The molecule has 0 spiro atoms. The third-order valence-electron chi connectivity index (χ3n) is 8.66. The van der Waals surface area contributed by atoms with Gasteiger partial charge in [0.15, 0.2) is 0 Å². The zero-order valence-corrected chi connectivity index (χ0v) is 27.0. The van der Waals surface area contributed by atoms with Gasteiger partial charge in [0.05, 0.1) is 7.85 Å². The van der Waals surface area contributed by atoms with Crippen LogP contribution in [-0.4, -0.2) is 31.4 Å². The molecule has 0 N–H and O–H groups in total. The van der Waals surface area contributed by atoms with Crippen LogP contribution in [0.1, 0.15) is 52.0 Å². The van der Waals surface area contributed by atoms with Gasteiger partial charge in [-0.05, 0) is 76.8 Å². The summed E-state index contributed by atoms with van der Waals surface area (Å²) in [4.78, 5) is 0. The van der Waals surface area contributed by atoms with E-state index >= 15 is 0 Å². The van der Waals surface area contributed by atoms with Crippen molar-refractivity contribution in [3.8, 4) is 11.1 Å². The van der Waals surface area contributed by atoms with E-state index in [0.29, 0.717) is 22.3 Å². The third-order valence-corrected chi connectivity index (χ3v) is 8.66. The van der Waals surface area contributed by atoms with Crippen LogP contribution in [0.15, 0.2) is 143 Å². The SMILES string of the molecule is [B]C/C([B])=C([B])\C([B])=C(/C)C(C)CC/C(=C/C=C/C=C\C/C=C/c1c2ccccc2c(-c2ccccc2)c2ccccc12)CC. The Hall–Kier alpha value is -3.90. The maximum atomic E-state index is 6.26. The minimum absolute atomic E-state index is 0.200. The molecule has 216 valence electrons. The van der Waals surface area contributed by atoms with E-state index in [4.69, 9.17) is 31.4 Å². The third kappa shape index (κ3) is 8.64. The van der Waals surface area contributed by atoms with E-state index in [1.165, 1.54) is 43.8 Å². The van der Waals surface area contributed by atoms with Gasteiger partial charge >= 0.3 is 0 Å². The molecule has 0 saturated carbocycles. The van der Waals surface area contributed by atoms with Crippen molar-refractivity contribution in [2.24, 2.45) is 5.92 Å². The van der Waals surface area contributed by atoms with Crippen molar-refractivity contribution in [2.75, 3.05) is 0 Å². The first-order valence-corrected chi connectivity index (χ1v) is 15.9. The van der Waals surface area contributed by atoms with E-state index in [2.05, 4.69) is 135 Å². The first-order chi connectivity index (χ1) is 21.9. The minimum atomic E-state index is 0.200. The predicted molar refractivity (Wildman–Crippen MR) is 203 cm³/mol. The molecule has 0 aliphatic heterocycles. The molecule has 45 heavy (non-hydrogen) atoms. The highest BCUT2D eigenvalue weighted by molar-refractivity contribution is 6.42. The highest BCUT2D eigenvalue weighted by Crippen LogP contribution is 2.39. The summed E-state index contributed by atoms with van der Waals surface area (Å²) in [7, 11) is 23.8. The van der Waals surface area contributed by atoms with Crippen LogP contribution in [0.2, 0.25) is 6.32 Å². The number of allylic oxidation sites excluding steroid dienone is 11. The topological polar surface area (TPSA) is 0 Å². The molecule has 0 aliphatic rings. The second kappa shape index (κ2) is 17.0. The normalized spacial score (nSPS) is 14.5. The van der Waals surface area contributed by atoms with Crippen molar-refractivity contribution in [1.29, 1.82) is 0 Å². The van der Waals surface area contributed by atoms with Gasteiger partial charge in [0.1, 0.15) is 23.5 Å². The molecule has 4 rings (SSSR count). The molecule has 0 heterocycles. The van der Waals surface area contributed by atoms with Gasteiger partial charge in [-0.15, -0.1) is 16.4 Å². The predicted octanol–water partition coefficient (Wildman–Crippen LogP) is 10.5. The molecule has 0 bridgehead atoms. The van der Waals surface area contributed by atoms with Crippen LogP contribution in [0.25, 0.3) is 38.7 Å². The molecule has 0 aromatic heterocycles. The minimum Gasteiger partial charge on any atom is -0.133 e. The van der Waals surface area contributed by atoms with E-state index in [-0.39, 0.29) is 6.32 Å². The lowest BCUT2D eigenvalue weighted by molar-refractivity contribution is 0.603. The molecule has 8 radical (unpaired) electrons. The van der Waals surface area contributed by atoms with Crippen LogP contribution in [0.3, 0.4) is 0 Å². The van der Waals surface area contributed by atoms with Gasteiger partial charge in [-0.25, -0.2) is 0 Å². The number of hydrogen-bond acceptors (Lipinski definition) is 0. The monoisotopic (exact) mass is 576 g/mol. The zero-order chi connectivity index (χ0) is 32.2. The molecule has 4 aromatic carbocycles. The van der Waals surface area contributed by atoms with Gasteiger partial charge in [0, 0.05) is 0 Å². The van der Waals surface area contributed by atoms with Crippen molar-refractivity contribution in [2.45, 2.75) is 52.8 Å². The van der Waals surface area contributed by atoms with Crippen molar-refractivity contribution >= 4 is 59.0 Å². The molecule has 1 unspecified atom stereocenters. The largest absolute Gasteiger partial charge is 0.133 e. The van der Waals surface area contributed by atoms with Gasteiger partial charge in [0.25, 0.3) is 0 Å². The van der Waals surface area contributed by atoms with E-state index in [9.17, 15) is 0 Å². The first-order valence-electron chi connectivity index (χ1n) is 15.9. The molecule has 0 nitrogen and oxygen atoms in total. The molecule has 1 atom stereocenters. The summed E-state index contributed by atoms with van der Waals surface area (Å²) in [5.41, 5.74) is 7.65. The van der Waals surface area contributed by atoms with Crippen LogP contribution in [0.5, 0.6) is 0 Å². The Balaban J connectivity index is 1.43. The summed E-state index contributed by atoms with van der Waals surface area (Å²) in [5, 5.41) is 5.10. The fourth-order valence-corrected chi connectivity index (χ4v) is 5.69. The molecule has 0 amide bonds. The van der Waals surface area contributed by atoms with E-state index in [1.54, 1.807) is 0 Å². The lowest BCUT2D eigenvalue weighted by Gasteiger charge is -2.19. The quantitative estimate of drug-likeness (QED) is 0.0845.